The summed E-state index contributed by atoms with van der Waals surface area (Å²) in [4.78, 5) is 43.3. The van der Waals surface area contributed by atoms with Gasteiger partial charge < -0.3 is 19.1 Å². The Morgan fingerprint density at radius 3 is 2.32 bits per heavy atom. The highest BCUT2D eigenvalue weighted by molar-refractivity contribution is 5.92. The zero-order valence-electron chi connectivity index (χ0n) is 17.3. The molecule has 1 aromatic heterocycles. The monoisotopic (exact) mass is 427 g/mol. The molecule has 2 fully saturated rings. The second-order valence-electron chi connectivity index (χ2n) is 8.08. The number of furan rings is 1. The first kappa shape index (κ1) is 21.1. The standard InChI is InChI=1S/C23H26FN3O4/c24-19-7-5-17(6-8-19)15-21(28)25-10-12-26(13-11-25)22(29)18-3-1-9-27(16-18)23(30)20-4-2-14-31-20/h2,4-8,14,18H,1,3,9-13,15-16H2. The van der Waals surface area contributed by atoms with E-state index in [4.69, 9.17) is 4.42 Å². The van der Waals surface area contributed by atoms with Crippen LogP contribution in [0.1, 0.15) is 29.0 Å². The number of nitrogens with zero attached hydrogens (tertiary/aromatic N) is 3. The third-order valence-corrected chi connectivity index (χ3v) is 6.00. The number of halogens is 1. The first-order chi connectivity index (χ1) is 15.0. The van der Waals surface area contributed by atoms with Crippen LogP contribution in [-0.4, -0.2) is 71.7 Å². The highest BCUT2D eigenvalue weighted by Gasteiger charge is 2.34. The van der Waals surface area contributed by atoms with Crippen molar-refractivity contribution in [3.8, 4) is 0 Å². The van der Waals surface area contributed by atoms with Crippen LogP contribution in [0.2, 0.25) is 0 Å². The molecular weight excluding hydrogens is 401 g/mol. The third kappa shape index (κ3) is 4.95. The molecule has 164 valence electrons. The average molecular weight is 427 g/mol. The van der Waals surface area contributed by atoms with Gasteiger partial charge in [0, 0.05) is 39.3 Å². The van der Waals surface area contributed by atoms with E-state index in [2.05, 4.69) is 0 Å². The van der Waals surface area contributed by atoms with Crippen molar-refractivity contribution in [2.45, 2.75) is 19.3 Å². The van der Waals surface area contributed by atoms with Gasteiger partial charge in [-0.25, -0.2) is 4.39 Å². The van der Waals surface area contributed by atoms with Gasteiger partial charge in [-0.15, -0.1) is 0 Å². The molecular formula is C23H26FN3O4. The summed E-state index contributed by atoms with van der Waals surface area (Å²) in [6, 6.07) is 9.25. The van der Waals surface area contributed by atoms with Crippen molar-refractivity contribution >= 4 is 17.7 Å². The molecule has 4 rings (SSSR count). The summed E-state index contributed by atoms with van der Waals surface area (Å²) in [5.41, 5.74) is 0.772. The maximum Gasteiger partial charge on any atom is 0.289 e. The van der Waals surface area contributed by atoms with Crippen LogP contribution in [0, 0.1) is 11.7 Å². The van der Waals surface area contributed by atoms with E-state index in [1.165, 1.54) is 18.4 Å². The summed E-state index contributed by atoms with van der Waals surface area (Å²) in [6.45, 7) is 2.94. The van der Waals surface area contributed by atoms with Crippen LogP contribution in [-0.2, 0) is 16.0 Å². The highest BCUT2D eigenvalue weighted by Crippen LogP contribution is 2.22. The number of amides is 3. The van der Waals surface area contributed by atoms with Gasteiger partial charge in [-0.05, 0) is 42.7 Å². The van der Waals surface area contributed by atoms with Gasteiger partial charge in [0.05, 0.1) is 18.6 Å². The Balaban J connectivity index is 1.28. The van der Waals surface area contributed by atoms with Crippen molar-refractivity contribution in [2.24, 2.45) is 5.92 Å². The Bertz CT molecular complexity index is 921. The zero-order chi connectivity index (χ0) is 21.8. The lowest BCUT2D eigenvalue weighted by molar-refractivity contribution is -0.142. The van der Waals surface area contributed by atoms with Gasteiger partial charge in [0.1, 0.15) is 5.82 Å². The van der Waals surface area contributed by atoms with E-state index in [1.54, 1.807) is 39.0 Å². The molecule has 0 bridgehead atoms. The molecule has 31 heavy (non-hydrogen) atoms. The molecule has 2 aliphatic rings. The van der Waals surface area contributed by atoms with Crippen molar-refractivity contribution in [1.29, 1.82) is 0 Å². The number of piperazine rings is 1. The summed E-state index contributed by atoms with van der Waals surface area (Å²) < 4.78 is 18.2. The Hall–Kier alpha value is -3.16. The van der Waals surface area contributed by atoms with Crippen molar-refractivity contribution in [2.75, 3.05) is 39.3 Å². The van der Waals surface area contributed by atoms with Crippen LogP contribution in [0.15, 0.2) is 47.1 Å². The summed E-state index contributed by atoms with van der Waals surface area (Å²) in [5, 5.41) is 0. The fraction of sp³-hybridized carbons (Fsp3) is 0.435. The van der Waals surface area contributed by atoms with Crippen LogP contribution in [0.4, 0.5) is 4.39 Å². The van der Waals surface area contributed by atoms with E-state index in [0.717, 1.165) is 18.4 Å². The average Bonchev–Trinajstić information content (AvgIpc) is 3.35. The van der Waals surface area contributed by atoms with E-state index in [0.29, 0.717) is 45.0 Å². The van der Waals surface area contributed by atoms with Crippen molar-refractivity contribution in [3.63, 3.8) is 0 Å². The number of hydrogen-bond acceptors (Lipinski definition) is 4. The smallest absolute Gasteiger partial charge is 0.289 e. The zero-order valence-corrected chi connectivity index (χ0v) is 17.3. The van der Waals surface area contributed by atoms with Gasteiger partial charge in [0.25, 0.3) is 5.91 Å². The molecule has 0 spiro atoms. The van der Waals surface area contributed by atoms with E-state index >= 15 is 0 Å². The molecule has 0 aliphatic carbocycles. The largest absolute Gasteiger partial charge is 0.459 e. The van der Waals surface area contributed by atoms with Gasteiger partial charge >= 0.3 is 0 Å². The lowest BCUT2D eigenvalue weighted by Gasteiger charge is -2.39. The Labute approximate surface area is 180 Å². The van der Waals surface area contributed by atoms with Crippen LogP contribution >= 0.6 is 0 Å². The third-order valence-electron chi connectivity index (χ3n) is 6.00. The molecule has 2 aliphatic heterocycles. The van der Waals surface area contributed by atoms with Gasteiger partial charge in [0.15, 0.2) is 5.76 Å². The molecule has 0 saturated carbocycles. The van der Waals surface area contributed by atoms with Crippen LogP contribution in [0.3, 0.4) is 0 Å². The van der Waals surface area contributed by atoms with Gasteiger partial charge in [0.2, 0.25) is 11.8 Å². The molecule has 1 unspecified atom stereocenters. The van der Waals surface area contributed by atoms with Crippen LogP contribution < -0.4 is 0 Å². The second kappa shape index (κ2) is 9.32. The van der Waals surface area contributed by atoms with Gasteiger partial charge in [-0.2, -0.15) is 0 Å². The van der Waals surface area contributed by atoms with E-state index in [9.17, 15) is 18.8 Å². The lowest BCUT2D eigenvalue weighted by atomic mass is 9.96. The second-order valence-corrected chi connectivity index (χ2v) is 8.08. The molecule has 0 N–H and O–H groups in total. The van der Waals surface area contributed by atoms with Crippen LogP contribution in [0.25, 0.3) is 0 Å². The molecule has 2 aromatic rings. The summed E-state index contributed by atoms with van der Waals surface area (Å²) >= 11 is 0. The van der Waals surface area contributed by atoms with Crippen molar-refractivity contribution in [3.05, 3.63) is 59.8 Å². The molecule has 8 heteroatoms. The highest BCUT2D eigenvalue weighted by atomic mass is 19.1. The number of benzene rings is 1. The minimum Gasteiger partial charge on any atom is -0.459 e. The van der Waals surface area contributed by atoms with E-state index < -0.39 is 0 Å². The molecule has 7 nitrogen and oxygen atoms in total. The maximum atomic E-state index is 13.0. The molecule has 1 atom stereocenters. The number of carbonyl (C=O) groups excluding carboxylic acids is 3. The molecule has 2 saturated heterocycles. The summed E-state index contributed by atoms with van der Waals surface area (Å²) in [6.07, 6.45) is 3.22. The number of hydrogen-bond donors (Lipinski definition) is 0. The van der Waals surface area contributed by atoms with Crippen molar-refractivity contribution in [1.82, 2.24) is 14.7 Å². The summed E-state index contributed by atoms with van der Waals surface area (Å²) in [7, 11) is 0. The quantitative estimate of drug-likeness (QED) is 0.750. The molecule has 0 radical (unpaired) electrons. The Morgan fingerprint density at radius 1 is 0.935 bits per heavy atom. The molecule has 3 amide bonds. The molecule has 1 aromatic carbocycles. The molecule has 3 heterocycles. The fourth-order valence-electron chi connectivity index (χ4n) is 4.24. The van der Waals surface area contributed by atoms with Gasteiger partial charge in [-0.1, -0.05) is 12.1 Å². The minimum atomic E-state index is -0.324. The predicted molar refractivity (Wildman–Crippen MR) is 111 cm³/mol. The fourth-order valence-corrected chi connectivity index (χ4v) is 4.24. The Kier molecular flexibility index (Phi) is 6.34. The van der Waals surface area contributed by atoms with Crippen LogP contribution in [0.5, 0.6) is 0 Å². The number of rotatable bonds is 4. The van der Waals surface area contributed by atoms with Gasteiger partial charge in [-0.3, -0.25) is 14.4 Å². The topological polar surface area (TPSA) is 74.1 Å². The normalized spacial score (nSPS) is 19.4. The Morgan fingerprint density at radius 2 is 1.65 bits per heavy atom. The maximum absolute atomic E-state index is 13.0. The first-order valence-electron chi connectivity index (χ1n) is 10.6. The van der Waals surface area contributed by atoms with E-state index in [1.807, 2.05) is 0 Å². The number of likely N-dealkylation sites (tertiary alicyclic amines) is 1. The predicted octanol–water partition coefficient (Wildman–Crippen LogP) is 2.18. The summed E-state index contributed by atoms with van der Waals surface area (Å²) in [5.74, 6) is -0.418. The van der Waals surface area contributed by atoms with Crippen molar-refractivity contribution < 1.29 is 23.2 Å². The van der Waals surface area contributed by atoms with E-state index in [-0.39, 0.29) is 35.9 Å². The minimum absolute atomic E-state index is 0.0217. The lowest BCUT2D eigenvalue weighted by Crippen LogP contribution is -2.54. The number of piperidine rings is 1. The SMILES string of the molecule is O=C(Cc1ccc(F)cc1)N1CCN(C(=O)C2CCCN(C(=O)c3ccco3)C2)CC1. The first-order valence-corrected chi connectivity index (χ1v) is 10.6. The number of carbonyl (C=O) groups is 3.